The van der Waals surface area contributed by atoms with Crippen LogP contribution < -0.4 is 0 Å². The smallest absolute Gasteiger partial charge is 0.0991 e. The lowest BCUT2D eigenvalue weighted by Gasteiger charge is -2.09. The van der Waals surface area contributed by atoms with Gasteiger partial charge in [-0.3, -0.25) is 0 Å². The van der Waals surface area contributed by atoms with E-state index in [9.17, 15) is 0 Å². The number of aryl methyl sites for hydroxylation is 1. The summed E-state index contributed by atoms with van der Waals surface area (Å²) in [6, 6.07) is 31.9. The number of benzene rings is 4. The predicted octanol–water partition coefficient (Wildman–Crippen LogP) is 6.69. The fraction of sp³-hybridized carbons (Fsp3) is 0.0741. The largest absolute Gasteiger partial charge is 0.343 e. The van der Waals surface area contributed by atoms with Gasteiger partial charge in [0, 0.05) is 23.6 Å². The molecule has 0 amide bonds. The van der Waals surface area contributed by atoms with E-state index in [2.05, 4.69) is 90.5 Å². The van der Waals surface area contributed by atoms with Crippen molar-refractivity contribution in [1.29, 1.82) is 5.26 Å². The van der Waals surface area contributed by atoms with Crippen molar-refractivity contribution < 1.29 is 0 Å². The van der Waals surface area contributed by atoms with Crippen LogP contribution >= 0.6 is 0 Å². The van der Waals surface area contributed by atoms with Crippen LogP contribution in [0.3, 0.4) is 0 Å². The molecule has 0 aliphatic carbocycles. The zero-order valence-corrected chi connectivity index (χ0v) is 16.3. The van der Waals surface area contributed by atoms with Crippen LogP contribution in [0.2, 0.25) is 0 Å². The van der Waals surface area contributed by atoms with Gasteiger partial charge < -0.3 is 4.57 Å². The third kappa shape index (κ3) is 3.17. The normalized spacial score (nSPS) is 11.0. The third-order valence-electron chi connectivity index (χ3n) is 5.61. The molecule has 5 rings (SSSR count). The van der Waals surface area contributed by atoms with E-state index in [1.807, 2.05) is 18.2 Å². The van der Waals surface area contributed by atoms with Crippen LogP contribution in [-0.2, 0) is 6.54 Å². The maximum absolute atomic E-state index is 9.16. The van der Waals surface area contributed by atoms with Crippen molar-refractivity contribution in [3.63, 3.8) is 0 Å². The molecule has 0 atom stereocenters. The van der Waals surface area contributed by atoms with E-state index in [0.717, 1.165) is 17.3 Å². The lowest BCUT2D eigenvalue weighted by atomic mass is 9.99. The monoisotopic (exact) mass is 372 g/mol. The van der Waals surface area contributed by atoms with E-state index < -0.39 is 0 Å². The Morgan fingerprint density at radius 3 is 2.52 bits per heavy atom. The number of aromatic nitrogens is 1. The second-order valence-electron chi connectivity index (χ2n) is 7.54. The molecule has 0 saturated heterocycles. The van der Waals surface area contributed by atoms with Gasteiger partial charge in [-0.1, -0.05) is 48.5 Å². The summed E-state index contributed by atoms with van der Waals surface area (Å²) in [6.07, 6.45) is 2.15. The summed E-state index contributed by atoms with van der Waals surface area (Å²) in [5, 5.41) is 12.7. The average Bonchev–Trinajstić information content (AvgIpc) is 3.15. The van der Waals surface area contributed by atoms with E-state index in [-0.39, 0.29) is 0 Å². The molecule has 4 aromatic carbocycles. The van der Waals surface area contributed by atoms with Crippen molar-refractivity contribution in [2.45, 2.75) is 13.5 Å². The van der Waals surface area contributed by atoms with Crippen molar-refractivity contribution in [3.05, 3.63) is 108 Å². The molecule has 0 aliphatic rings. The van der Waals surface area contributed by atoms with Gasteiger partial charge in [0.15, 0.2) is 0 Å². The number of fused-ring (bicyclic) bond motifs is 2. The second-order valence-corrected chi connectivity index (χ2v) is 7.54. The number of nitrogens with zero attached hydrogens (tertiary/aromatic N) is 2. The number of hydrogen-bond donors (Lipinski definition) is 0. The highest BCUT2D eigenvalue weighted by atomic mass is 14.9. The topological polar surface area (TPSA) is 28.7 Å². The minimum Gasteiger partial charge on any atom is -0.343 e. The molecule has 5 aromatic rings. The molecule has 0 radical (unpaired) electrons. The lowest BCUT2D eigenvalue weighted by molar-refractivity contribution is 0.838. The van der Waals surface area contributed by atoms with Crippen LogP contribution in [0.1, 0.15) is 16.7 Å². The van der Waals surface area contributed by atoms with Gasteiger partial charge >= 0.3 is 0 Å². The van der Waals surface area contributed by atoms with Gasteiger partial charge in [0.2, 0.25) is 0 Å². The second kappa shape index (κ2) is 6.96. The molecule has 1 aromatic heterocycles. The highest BCUT2D eigenvalue weighted by Gasteiger charge is 2.07. The van der Waals surface area contributed by atoms with E-state index in [1.165, 1.54) is 33.2 Å². The minimum absolute atomic E-state index is 0.699. The maximum atomic E-state index is 9.16. The number of rotatable bonds is 3. The first kappa shape index (κ1) is 17.3. The number of nitriles is 1. The van der Waals surface area contributed by atoms with Crippen molar-refractivity contribution in [3.8, 4) is 17.2 Å². The molecule has 138 valence electrons. The van der Waals surface area contributed by atoms with Crippen LogP contribution in [0.4, 0.5) is 0 Å². The Labute approximate surface area is 170 Å². The van der Waals surface area contributed by atoms with E-state index in [0.29, 0.717) is 5.56 Å². The summed E-state index contributed by atoms with van der Waals surface area (Å²) in [4.78, 5) is 0. The predicted molar refractivity (Wildman–Crippen MR) is 120 cm³/mol. The molecule has 2 nitrogen and oxygen atoms in total. The van der Waals surface area contributed by atoms with Gasteiger partial charge in [-0.15, -0.1) is 0 Å². The van der Waals surface area contributed by atoms with Crippen molar-refractivity contribution in [2.24, 2.45) is 0 Å². The fourth-order valence-electron chi connectivity index (χ4n) is 4.06. The van der Waals surface area contributed by atoms with E-state index >= 15 is 0 Å². The summed E-state index contributed by atoms with van der Waals surface area (Å²) in [5.74, 6) is 0. The number of hydrogen-bond acceptors (Lipinski definition) is 1. The molecule has 0 spiro atoms. The molecule has 0 unspecified atom stereocenters. The Balaban J connectivity index is 1.50. The summed E-state index contributed by atoms with van der Waals surface area (Å²) in [5.41, 5.74) is 6.98. The maximum Gasteiger partial charge on any atom is 0.0991 e. The molecule has 29 heavy (non-hydrogen) atoms. The van der Waals surface area contributed by atoms with Crippen LogP contribution in [0.15, 0.2) is 91.1 Å². The molecule has 0 bridgehead atoms. The molecule has 1 heterocycles. The first-order valence-corrected chi connectivity index (χ1v) is 9.79. The van der Waals surface area contributed by atoms with Gasteiger partial charge in [-0.2, -0.15) is 5.26 Å². The van der Waals surface area contributed by atoms with Crippen molar-refractivity contribution >= 4 is 21.7 Å². The highest BCUT2D eigenvalue weighted by molar-refractivity contribution is 5.87. The molecule has 2 heteroatoms. The van der Waals surface area contributed by atoms with E-state index in [1.54, 1.807) is 0 Å². The molecule has 0 fully saturated rings. The average molecular weight is 372 g/mol. The van der Waals surface area contributed by atoms with Gasteiger partial charge in [0.1, 0.15) is 0 Å². The quantitative estimate of drug-likeness (QED) is 0.347. The molecule has 0 saturated carbocycles. The molecular weight excluding hydrogens is 352 g/mol. The molecule has 0 aliphatic heterocycles. The van der Waals surface area contributed by atoms with Crippen molar-refractivity contribution in [2.75, 3.05) is 0 Å². The van der Waals surface area contributed by atoms with Gasteiger partial charge in [0.25, 0.3) is 0 Å². The van der Waals surface area contributed by atoms with Crippen molar-refractivity contribution in [1.82, 2.24) is 4.57 Å². The Hall–Kier alpha value is -3.83. The highest BCUT2D eigenvalue weighted by Crippen LogP contribution is 2.28. The fourth-order valence-corrected chi connectivity index (χ4v) is 4.06. The summed E-state index contributed by atoms with van der Waals surface area (Å²) in [7, 11) is 0. The zero-order chi connectivity index (χ0) is 19.8. The van der Waals surface area contributed by atoms with Crippen LogP contribution in [0.25, 0.3) is 32.8 Å². The summed E-state index contributed by atoms with van der Waals surface area (Å²) < 4.78 is 2.28. The first-order chi connectivity index (χ1) is 14.2. The standard InChI is InChI=1S/C27H20N2/c1-19-4-2-3-5-26(19)23-10-11-27-24(16-23)12-13-29(27)18-21-7-9-22-8-6-20(17-28)14-25(22)15-21/h2-16H,18H2,1H3. The third-order valence-corrected chi connectivity index (χ3v) is 5.61. The summed E-state index contributed by atoms with van der Waals surface area (Å²) >= 11 is 0. The Morgan fingerprint density at radius 1 is 0.793 bits per heavy atom. The van der Waals surface area contributed by atoms with Crippen LogP contribution in [0, 0.1) is 18.3 Å². The Bertz CT molecular complexity index is 1400. The van der Waals surface area contributed by atoms with Gasteiger partial charge in [-0.25, -0.2) is 0 Å². The van der Waals surface area contributed by atoms with Gasteiger partial charge in [-0.05, 0) is 76.3 Å². The van der Waals surface area contributed by atoms with Crippen LogP contribution in [0.5, 0.6) is 0 Å². The Morgan fingerprint density at radius 2 is 1.66 bits per heavy atom. The molecule has 0 N–H and O–H groups in total. The first-order valence-electron chi connectivity index (χ1n) is 9.79. The molecular formula is C27H20N2. The Kier molecular flexibility index (Phi) is 4.15. The van der Waals surface area contributed by atoms with E-state index in [4.69, 9.17) is 5.26 Å². The SMILES string of the molecule is Cc1ccccc1-c1ccc2c(ccn2Cc2ccc3ccc(C#N)cc3c2)c1. The summed E-state index contributed by atoms with van der Waals surface area (Å²) in [6.45, 7) is 2.96. The van der Waals surface area contributed by atoms with Crippen LogP contribution in [-0.4, -0.2) is 4.57 Å². The minimum atomic E-state index is 0.699. The lowest BCUT2D eigenvalue weighted by Crippen LogP contribution is -1.97. The van der Waals surface area contributed by atoms with Gasteiger partial charge in [0.05, 0.1) is 11.6 Å². The zero-order valence-electron chi connectivity index (χ0n) is 16.3.